The molecule has 0 aliphatic carbocycles. The first-order valence-electron chi connectivity index (χ1n) is 5.43. The monoisotopic (exact) mass is 220 g/mol. The minimum atomic E-state index is -0.533. The quantitative estimate of drug-likeness (QED) is 0.732. The molecule has 0 amide bonds. The van der Waals surface area contributed by atoms with Gasteiger partial charge in [0.15, 0.2) is 0 Å². The van der Waals surface area contributed by atoms with Crippen molar-refractivity contribution in [1.82, 2.24) is 0 Å². The summed E-state index contributed by atoms with van der Waals surface area (Å²) in [5.41, 5.74) is 0.576. The van der Waals surface area contributed by atoms with Crippen molar-refractivity contribution in [2.75, 3.05) is 6.61 Å². The number of carbonyl (C=O) groups is 1. The molecule has 3 nitrogen and oxygen atoms in total. The van der Waals surface area contributed by atoms with Crippen LogP contribution >= 0.6 is 0 Å². The van der Waals surface area contributed by atoms with Crippen LogP contribution in [-0.2, 0) is 20.9 Å². The summed E-state index contributed by atoms with van der Waals surface area (Å²) in [4.78, 5) is 11.4. The molecule has 1 aromatic rings. The number of benzene rings is 1. The Balaban J connectivity index is 1.94. The molecular formula is C13H16O3. The Labute approximate surface area is 95.4 Å². The van der Waals surface area contributed by atoms with E-state index in [9.17, 15) is 4.79 Å². The van der Waals surface area contributed by atoms with E-state index < -0.39 is 5.41 Å². The van der Waals surface area contributed by atoms with Crippen molar-refractivity contribution in [2.24, 2.45) is 5.41 Å². The van der Waals surface area contributed by atoms with Crippen molar-refractivity contribution in [2.45, 2.75) is 26.6 Å². The predicted octanol–water partition coefficient (Wildman–Crippen LogP) is 2.15. The average molecular weight is 220 g/mol. The van der Waals surface area contributed by atoms with Crippen LogP contribution in [0.25, 0.3) is 0 Å². The van der Waals surface area contributed by atoms with Crippen LogP contribution in [0.2, 0.25) is 0 Å². The van der Waals surface area contributed by atoms with Crippen LogP contribution in [0, 0.1) is 5.41 Å². The van der Waals surface area contributed by atoms with Crippen LogP contribution in [0.5, 0.6) is 0 Å². The van der Waals surface area contributed by atoms with Gasteiger partial charge in [-0.2, -0.15) is 0 Å². The highest BCUT2D eigenvalue weighted by Crippen LogP contribution is 2.31. The average Bonchev–Trinajstić information content (AvgIpc) is 2.53. The number of rotatable bonds is 3. The number of hydrogen-bond acceptors (Lipinski definition) is 3. The molecule has 1 heterocycles. The molecule has 1 unspecified atom stereocenters. The van der Waals surface area contributed by atoms with Gasteiger partial charge in [-0.05, 0) is 19.4 Å². The number of cyclic esters (lactones) is 1. The molecule has 1 fully saturated rings. The molecular weight excluding hydrogens is 204 g/mol. The number of hydrogen-bond donors (Lipinski definition) is 0. The highest BCUT2D eigenvalue weighted by atomic mass is 16.6. The topological polar surface area (TPSA) is 35.5 Å². The number of carbonyl (C=O) groups excluding carboxylic acids is 1. The van der Waals surface area contributed by atoms with Crippen molar-refractivity contribution in [1.29, 1.82) is 0 Å². The SMILES string of the molecule is CC1(C)C(=O)OCC1OCc1ccccc1. The standard InChI is InChI=1S/C13H16O3/c1-13(2)11(9-16-12(13)14)15-8-10-6-4-3-5-7-10/h3-7,11H,8-9H2,1-2H3. The van der Waals surface area contributed by atoms with E-state index in [2.05, 4.69) is 0 Å². The van der Waals surface area contributed by atoms with Gasteiger partial charge in [0.25, 0.3) is 0 Å². The summed E-state index contributed by atoms with van der Waals surface area (Å²) in [5.74, 6) is -0.175. The molecule has 16 heavy (non-hydrogen) atoms. The number of ether oxygens (including phenoxy) is 2. The minimum Gasteiger partial charge on any atom is -0.462 e. The van der Waals surface area contributed by atoms with E-state index in [1.807, 2.05) is 44.2 Å². The normalized spacial score (nSPS) is 23.1. The fraction of sp³-hybridized carbons (Fsp3) is 0.462. The first kappa shape index (κ1) is 11.1. The summed E-state index contributed by atoms with van der Waals surface area (Å²) in [6.45, 7) is 4.60. The molecule has 3 heteroatoms. The minimum absolute atomic E-state index is 0.153. The number of esters is 1. The molecule has 2 rings (SSSR count). The lowest BCUT2D eigenvalue weighted by Gasteiger charge is -2.21. The van der Waals surface area contributed by atoms with Gasteiger partial charge in [-0.1, -0.05) is 30.3 Å². The van der Waals surface area contributed by atoms with Crippen LogP contribution in [0.3, 0.4) is 0 Å². The van der Waals surface area contributed by atoms with Gasteiger partial charge in [-0.15, -0.1) is 0 Å². The van der Waals surface area contributed by atoms with E-state index in [-0.39, 0.29) is 12.1 Å². The van der Waals surface area contributed by atoms with Crippen molar-refractivity contribution in [3.8, 4) is 0 Å². The van der Waals surface area contributed by atoms with Gasteiger partial charge >= 0.3 is 5.97 Å². The van der Waals surface area contributed by atoms with Gasteiger partial charge in [0.05, 0.1) is 12.0 Å². The fourth-order valence-electron chi connectivity index (χ4n) is 1.70. The lowest BCUT2D eigenvalue weighted by atomic mass is 9.89. The van der Waals surface area contributed by atoms with Gasteiger partial charge in [-0.25, -0.2) is 0 Å². The largest absolute Gasteiger partial charge is 0.462 e. The van der Waals surface area contributed by atoms with Crippen molar-refractivity contribution in [3.05, 3.63) is 35.9 Å². The second-order valence-electron chi connectivity index (χ2n) is 4.61. The molecule has 0 aromatic heterocycles. The van der Waals surface area contributed by atoms with Crippen LogP contribution in [0.4, 0.5) is 0 Å². The molecule has 1 atom stereocenters. The molecule has 1 aliphatic rings. The third-order valence-electron chi connectivity index (χ3n) is 2.99. The lowest BCUT2D eigenvalue weighted by Crippen LogP contribution is -2.32. The Bertz CT molecular complexity index is 370. The zero-order valence-corrected chi connectivity index (χ0v) is 9.60. The third-order valence-corrected chi connectivity index (χ3v) is 2.99. The summed E-state index contributed by atoms with van der Waals surface area (Å²) in [6, 6.07) is 9.92. The first-order chi connectivity index (χ1) is 7.60. The van der Waals surface area contributed by atoms with Gasteiger partial charge in [0.1, 0.15) is 12.7 Å². The Morgan fingerprint density at radius 1 is 1.38 bits per heavy atom. The summed E-state index contributed by atoms with van der Waals surface area (Å²) in [5, 5.41) is 0. The van der Waals surface area contributed by atoms with E-state index in [1.54, 1.807) is 0 Å². The highest BCUT2D eigenvalue weighted by molar-refractivity contribution is 5.78. The van der Waals surface area contributed by atoms with E-state index in [0.29, 0.717) is 13.2 Å². The van der Waals surface area contributed by atoms with E-state index in [1.165, 1.54) is 0 Å². The summed E-state index contributed by atoms with van der Waals surface area (Å²) in [7, 11) is 0. The molecule has 0 spiro atoms. The van der Waals surface area contributed by atoms with Gasteiger partial charge in [0, 0.05) is 0 Å². The maximum Gasteiger partial charge on any atom is 0.314 e. The molecule has 0 N–H and O–H groups in total. The van der Waals surface area contributed by atoms with Crippen LogP contribution < -0.4 is 0 Å². The van der Waals surface area contributed by atoms with Gasteiger partial charge in [-0.3, -0.25) is 4.79 Å². The maximum atomic E-state index is 11.4. The fourth-order valence-corrected chi connectivity index (χ4v) is 1.70. The lowest BCUT2D eigenvalue weighted by molar-refractivity contribution is -0.145. The molecule has 0 saturated carbocycles. The zero-order valence-electron chi connectivity index (χ0n) is 9.60. The van der Waals surface area contributed by atoms with Crippen molar-refractivity contribution in [3.63, 3.8) is 0 Å². The molecule has 1 aromatic carbocycles. The Kier molecular flexibility index (Phi) is 2.97. The summed E-state index contributed by atoms with van der Waals surface area (Å²) < 4.78 is 10.7. The highest BCUT2D eigenvalue weighted by Gasteiger charge is 2.45. The molecule has 1 saturated heterocycles. The van der Waals surface area contributed by atoms with Crippen molar-refractivity contribution < 1.29 is 14.3 Å². The second-order valence-corrected chi connectivity index (χ2v) is 4.61. The summed E-state index contributed by atoms with van der Waals surface area (Å²) in [6.07, 6.45) is -0.153. The van der Waals surface area contributed by atoms with Gasteiger partial charge in [0.2, 0.25) is 0 Å². The smallest absolute Gasteiger partial charge is 0.314 e. The van der Waals surface area contributed by atoms with Crippen LogP contribution in [-0.4, -0.2) is 18.7 Å². The zero-order chi connectivity index (χ0) is 11.6. The Morgan fingerprint density at radius 3 is 2.62 bits per heavy atom. The third kappa shape index (κ3) is 2.09. The van der Waals surface area contributed by atoms with E-state index >= 15 is 0 Å². The summed E-state index contributed by atoms with van der Waals surface area (Å²) >= 11 is 0. The van der Waals surface area contributed by atoms with E-state index in [0.717, 1.165) is 5.56 Å². The predicted molar refractivity (Wildman–Crippen MR) is 59.8 cm³/mol. The molecule has 1 aliphatic heterocycles. The van der Waals surface area contributed by atoms with Gasteiger partial charge < -0.3 is 9.47 Å². The van der Waals surface area contributed by atoms with Crippen LogP contribution in [0.1, 0.15) is 19.4 Å². The Hall–Kier alpha value is -1.35. The van der Waals surface area contributed by atoms with E-state index in [4.69, 9.17) is 9.47 Å². The molecule has 86 valence electrons. The van der Waals surface area contributed by atoms with Crippen LogP contribution in [0.15, 0.2) is 30.3 Å². The second kappa shape index (κ2) is 4.26. The maximum absolute atomic E-state index is 11.4. The van der Waals surface area contributed by atoms with Crippen molar-refractivity contribution >= 4 is 5.97 Å². The first-order valence-corrected chi connectivity index (χ1v) is 5.43. The molecule has 0 radical (unpaired) electrons. The molecule has 0 bridgehead atoms. The Morgan fingerprint density at radius 2 is 2.06 bits per heavy atom.